The number of nitrogens with one attached hydrogen (secondary N) is 1. The fraction of sp³-hybridized carbons (Fsp3) is 0.500. The predicted octanol–water partition coefficient (Wildman–Crippen LogP) is 1.69. The predicted molar refractivity (Wildman–Crippen MR) is 80.0 cm³/mol. The number of benzene rings is 1. The zero-order valence-corrected chi connectivity index (χ0v) is 12.6. The Morgan fingerprint density at radius 2 is 1.95 bits per heavy atom. The normalized spacial score (nSPS) is 16.8. The molecule has 1 aliphatic rings. The summed E-state index contributed by atoms with van der Waals surface area (Å²) in [6, 6.07) is 6.86. The number of carboxylic acids is 1. The van der Waals surface area contributed by atoms with Crippen molar-refractivity contribution >= 4 is 11.9 Å². The van der Waals surface area contributed by atoms with Gasteiger partial charge in [0.1, 0.15) is 11.9 Å². The number of hydrogen-bond donors (Lipinski definition) is 2. The first-order valence-electron chi connectivity index (χ1n) is 7.41. The van der Waals surface area contributed by atoms with Crippen molar-refractivity contribution in [2.75, 3.05) is 19.8 Å². The van der Waals surface area contributed by atoms with Crippen LogP contribution in [0.3, 0.4) is 0 Å². The average Bonchev–Trinajstić information content (AvgIpc) is 2.54. The number of amides is 1. The van der Waals surface area contributed by atoms with Gasteiger partial charge in [-0.2, -0.15) is 0 Å². The van der Waals surface area contributed by atoms with Gasteiger partial charge in [-0.25, -0.2) is 0 Å². The molecule has 22 heavy (non-hydrogen) atoms. The van der Waals surface area contributed by atoms with Gasteiger partial charge in [0.05, 0.1) is 19.1 Å². The van der Waals surface area contributed by atoms with E-state index >= 15 is 0 Å². The van der Waals surface area contributed by atoms with E-state index in [9.17, 15) is 9.59 Å². The molecule has 1 unspecified atom stereocenters. The van der Waals surface area contributed by atoms with E-state index in [1.807, 2.05) is 0 Å². The van der Waals surface area contributed by atoms with E-state index in [0.717, 1.165) is 18.6 Å². The van der Waals surface area contributed by atoms with Crippen molar-refractivity contribution in [1.29, 1.82) is 0 Å². The minimum atomic E-state index is -0.930. The van der Waals surface area contributed by atoms with Crippen molar-refractivity contribution in [2.24, 2.45) is 5.92 Å². The molecule has 6 heteroatoms. The Balaban J connectivity index is 1.85. The number of aliphatic carboxylic acids is 1. The van der Waals surface area contributed by atoms with E-state index in [0.29, 0.717) is 18.8 Å². The molecular weight excluding hydrogens is 286 g/mol. The van der Waals surface area contributed by atoms with Gasteiger partial charge in [-0.15, -0.1) is 0 Å². The summed E-state index contributed by atoms with van der Waals surface area (Å²) in [6.45, 7) is 3.09. The molecule has 2 N–H and O–H groups in total. The molecule has 0 saturated carbocycles. The van der Waals surface area contributed by atoms with E-state index in [1.165, 1.54) is 0 Å². The number of hydrogen-bond acceptors (Lipinski definition) is 4. The lowest BCUT2D eigenvalue weighted by atomic mass is 10.1. The van der Waals surface area contributed by atoms with E-state index in [-0.39, 0.29) is 18.6 Å². The Kier molecular flexibility index (Phi) is 5.77. The fourth-order valence-electron chi connectivity index (χ4n) is 2.11. The van der Waals surface area contributed by atoms with Gasteiger partial charge in [0.2, 0.25) is 0 Å². The Bertz CT molecular complexity index is 508. The third kappa shape index (κ3) is 4.73. The first-order chi connectivity index (χ1) is 10.6. The molecule has 1 atom stereocenters. The van der Waals surface area contributed by atoms with Crippen molar-refractivity contribution < 1.29 is 24.2 Å². The number of rotatable bonds is 6. The van der Waals surface area contributed by atoms with Crippen molar-refractivity contribution in [2.45, 2.75) is 25.9 Å². The molecule has 120 valence electrons. The molecule has 0 spiro atoms. The summed E-state index contributed by atoms with van der Waals surface area (Å²) in [4.78, 5) is 22.6. The molecule has 1 amide bonds. The Labute approximate surface area is 129 Å². The zero-order valence-electron chi connectivity index (χ0n) is 12.6. The lowest BCUT2D eigenvalue weighted by Crippen LogP contribution is -2.31. The minimum Gasteiger partial charge on any atom is -0.490 e. The highest BCUT2D eigenvalue weighted by Crippen LogP contribution is 2.18. The highest BCUT2D eigenvalue weighted by molar-refractivity contribution is 5.94. The smallest absolute Gasteiger partial charge is 0.308 e. The Morgan fingerprint density at radius 1 is 1.32 bits per heavy atom. The van der Waals surface area contributed by atoms with Crippen LogP contribution < -0.4 is 10.1 Å². The van der Waals surface area contributed by atoms with Gasteiger partial charge in [-0.05, 0) is 24.3 Å². The molecule has 1 fully saturated rings. The molecule has 0 radical (unpaired) electrons. The molecule has 1 heterocycles. The van der Waals surface area contributed by atoms with E-state index in [4.69, 9.17) is 14.6 Å². The summed E-state index contributed by atoms with van der Waals surface area (Å²) in [5, 5.41) is 11.4. The lowest BCUT2D eigenvalue weighted by Gasteiger charge is -2.23. The first-order valence-corrected chi connectivity index (χ1v) is 7.41. The third-order valence-electron chi connectivity index (χ3n) is 3.58. The number of carboxylic acid groups (broad SMARTS) is 1. The number of carbonyl (C=O) groups excluding carboxylic acids is 1. The van der Waals surface area contributed by atoms with E-state index in [1.54, 1.807) is 31.2 Å². The van der Waals surface area contributed by atoms with Crippen molar-refractivity contribution in [3.05, 3.63) is 29.8 Å². The van der Waals surface area contributed by atoms with E-state index in [2.05, 4.69) is 5.32 Å². The molecule has 1 aromatic rings. The van der Waals surface area contributed by atoms with Crippen molar-refractivity contribution in [1.82, 2.24) is 5.32 Å². The summed E-state index contributed by atoms with van der Waals surface area (Å²) in [5.41, 5.74) is 0.483. The number of ether oxygens (including phenoxy) is 2. The van der Waals surface area contributed by atoms with Crippen LogP contribution in [0, 0.1) is 5.92 Å². The largest absolute Gasteiger partial charge is 0.490 e. The maximum atomic E-state index is 11.9. The minimum absolute atomic E-state index is 0.106. The van der Waals surface area contributed by atoms with Crippen LogP contribution in [0.25, 0.3) is 0 Å². The average molecular weight is 307 g/mol. The summed E-state index contributed by atoms with van der Waals surface area (Å²) >= 11 is 0. The van der Waals surface area contributed by atoms with Crippen molar-refractivity contribution in [3.8, 4) is 5.75 Å². The maximum Gasteiger partial charge on any atom is 0.308 e. The van der Waals surface area contributed by atoms with Crippen LogP contribution in [-0.4, -0.2) is 42.8 Å². The fourth-order valence-corrected chi connectivity index (χ4v) is 2.11. The highest BCUT2D eigenvalue weighted by Gasteiger charge is 2.16. The Hall–Kier alpha value is -2.08. The molecular formula is C16H21NO5. The highest BCUT2D eigenvalue weighted by atomic mass is 16.5. The van der Waals surface area contributed by atoms with Crippen LogP contribution in [0.2, 0.25) is 0 Å². The van der Waals surface area contributed by atoms with Crippen LogP contribution in [0.1, 0.15) is 30.1 Å². The second-order valence-corrected chi connectivity index (χ2v) is 5.40. The summed E-state index contributed by atoms with van der Waals surface area (Å²) in [6.07, 6.45) is 1.90. The van der Waals surface area contributed by atoms with Gasteiger partial charge in [0.25, 0.3) is 5.91 Å². The molecule has 0 bridgehead atoms. The molecule has 1 aromatic carbocycles. The van der Waals surface area contributed by atoms with Gasteiger partial charge >= 0.3 is 5.97 Å². The molecule has 1 aliphatic heterocycles. The summed E-state index contributed by atoms with van der Waals surface area (Å²) < 4.78 is 11.1. The lowest BCUT2D eigenvalue weighted by molar-refractivity contribution is -0.140. The topological polar surface area (TPSA) is 84.9 Å². The number of carbonyl (C=O) groups is 2. The molecule has 0 aliphatic carbocycles. The van der Waals surface area contributed by atoms with E-state index < -0.39 is 11.9 Å². The van der Waals surface area contributed by atoms with Crippen LogP contribution in [-0.2, 0) is 9.53 Å². The molecule has 6 nitrogen and oxygen atoms in total. The van der Waals surface area contributed by atoms with Gasteiger partial charge in [-0.3, -0.25) is 9.59 Å². The molecule has 2 rings (SSSR count). The SMILES string of the molecule is CC(CNC(=O)c1ccc(OC2CCOCC2)cc1)C(=O)O. The quantitative estimate of drug-likeness (QED) is 0.835. The summed E-state index contributed by atoms with van der Waals surface area (Å²) in [5.74, 6) is -1.10. The van der Waals surface area contributed by atoms with Gasteiger partial charge in [-0.1, -0.05) is 6.92 Å². The standard InChI is InChI=1S/C16H21NO5/c1-11(16(19)20)10-17-15(18)12-2-4-13(5-3-12)22-14-6-8-21-9-7-14/h2-5,11,14H,6-10H2,1H3,(H,17,18)(H,19,20). The van der Waals surface area contributed by atoms with Crippen molar-refractivity contribution in [3.63, 3.8) is 0 Å². The third-order valence-corrected chi connectivity index (χ3v) is 3.58. The first kappa shape index (κ1) is 16.3. The van der Waals surface area contributed by atoms with Gasteiger partial charge in [0, 0.05) is 24.9 Å². The van der Waals surface area contributed by atoms with Crippen LogP contribution in [0.4, 0.5) is 0 Å². The maximum absolute atomic E-state index is 11.9. The Morgan fingerprint density at radius 3 is 2.55 bits per heavy atom. The molecule has 0 aromatic heterocycles. The second-order valence-electron chi connectivity index (χ2n) is 5.40. The monoisotopic (exact) mass is 307 g/mol. The molecule has 1 saturated heterocycles. The van der Waals surface area contributed by atoms with Crippen LogP contribution >= 0.6 is 0 Å². The second kappa shape index (κ2) is 7.79. The summed E-state index contributed by atoms with van der Waals surface area (Å²) in [7, 11) is 0. The van der Waals surface area contributed by atoms with Crippen LogP contribution in [0.15, 0.2) is 24.3 Å². The van der Waals surface area contributed by atoms with Crippen LogP contribution in [0.5, 0.6) is 5.75 Å². The van der Waals surface area contributed by atoms with Gasteiger partial charge < -0.3 is 19.9 Å². The zero-order chi connectivity index (χ0) is 15.9. The van der Waals surface area contributed by atoms with Gasteiger partial charge in [0.15, 0.2) is 0 Å².